The fraction of sp³-hybridized carbons (Fsp3) is 0.200. The minimum Gasteiger partial charge on any atom is -0.310 e. The molecule has 0 fully saturated rings. The summed E-state index contributed by atoms with van der Waals surface area (Å²) in [6.07, 6.45) is 3.37. The van der Waals surface area contributed by atoms with E-state index in [2.05, 4.69) is 82.3 Å². The first-order chi connectivity index (χ1) is 11.3. The Labute approximate surface area is 146 Å². The van der Waals surface area contributed by atoms with Crippen molar-refractivity contribution in [2.45, 2.75) is 19.4 Å². The van der Waals surface area contributed by atoms with Crippen LogP contribution in [0.2, 0.25) is 0 Å². The highest BCUT2D eigenvalue weighted by Gasteiger charge is 2.07. The number of hydrogen-bond donors (Lipinski definition) is 1. The fourth-order valence-corrected chi connectivity index (χ4v) is 3.95. The lowest BCUT2D eigenvalue weighted by Crippen LogP contribution is -2.28. The Morgan fingerprint density at radius 3 is 2.22 bits per heavy atom. The highest BCUT2D eigenvalue weighted by Crippen LogP contribution is 2.26. The minimum absolute atomic E-state index is 0.458. The molecule has 23 heavy (non-hydrogen) atoms. The van der Waals surface area contributed by atoms with Gasteiger partial charge in [-0.1, -0.05) is 36.4 Å². The van der Waals surface area contributed by atoms with Crippen LogP contribution in [-0.2, 0) is 6.42 Å². The second-order valence-electron chi connectivity index (χ2n) is 5.64. The molecule has 1 aromatic carbocycles. The molecule has 0 bridgehead atoms. The van der Waals surface area contributed by atoms with E-state index < -0.39 is 0 Å². The summed E-state index contributed by atoms with van der Waals surface area (Å²) >= 11 is 3.50. The fourth-order valence-electron chi connectivity index (χ4n) is 2.64. The molecule has 1 atom stereocenters. The number of hydrogen-bond acceptors (Lipinski definition) is 3. The molecule has 0 aliphatic carbocycles. The van der Waals surface area contributed by atoms with E-state index in [9.17, 15) is 0 Å². The van der Waals surface area contributed by atoms with Crippen molar-refractivity contribution < 1.29 is 0 Å². The topological polar surface area (TPSA) is 12.0 Å². The van der Waals surface area contributed by atoms with Gasteiger partial charge in [0.25, 0.3) is 0 Å². The Hall–Kier alpha value is -1.68. The number of rotatable bonds is 7. The van der Waals surface area contributed by atoms with E-state index in [1.165, 1.54) is 22.3 Å². The van der Waals surface area contributed by atoms with Gasteiger partial charge in [-0.25, -0.2) is 0 Å². The Kier molecular flexibility index (Phi) is 5.81. The smallest absolute Gasteiger partial charge is 0.0146 e. The molecular formula is C20H21NS2. The standard InChI is InChI=1S/C20H21NS2/c1-16(13-17-5-3-2-4-6-17)21-10-7-20(18-8-11-22-14-18)19-9-12-23-15-19/h2-9,11-12,14-16,21H,10,13H2,1H3. The maximum Gasteiger partial charge on any atom is 0.0146 e. The van der Waals surface area contributed by atoms with Crippen molar-refractivity contribution in [3.8, 4) is 0 Å². The van der Waals surface area contributed by atoms with Crippen molar-refractivity contribution in [2.75, 3.05) is 6.54 Å². The maximum atomic E-state index is 3.62. The summed E-state index contributed by atoms with van der Waals surface area (Å²) in [6, 6.07) is 15.5. The van der Waals surface area contributed by atoms with Crippen LogP contribution >= 0.6 is 22.7 Å². The molecule has 3 rings (SSSR count). The summed E-state index contributed by atoms with van der Waals surface area (Å²) in [5.41, 5.74) is 5.33. The number of thiophene rings is 2. The second-order valence-corrected chi connectivity index (χ2v) is 7.20. The molecule has 0 saturated carbocycles. The summed E-state index contributed by atoms with van der Waals surface area (Å²) in [4.78, 5) is 0. The predicted octanol–water partition coefficient (Wildman–Crippen LogP) is 5.46. The van der Waals surface area contributed by atoms with Gasteiger partial charge < -0.3 is 5.32 Å². The zero-order valence-corrected chi connectivity index (χ0v) is 14.9. The van der Waals surface area contributed by atoms with Gasteiger partial charge in [-0.2, -0.15) is 22.7 Å². The Bertz CT molecular complexity index is 676. The lowest BCUT2D eigenvalue weighted by molar-refractivity contribution is 0.581. The van der Waals surface area contributed by atoms with Gasteiger partial charge in [-0.3, -0.25) is 0 Å². The van der Waals surface area contributed by atoms with Gasteiger partial charge in [-0.05, 0) is 69.3 Å². The summed E-state index contributed by atoms with van der Waals surface area (Å²) in [5, 5.41) is 12.3. The van der Waals surface area contributed by atoms with E-state index in [4.69, 9.17) is 0 Å². The van der Waals surface area contributed by atoms with Crippen LogP contribution in [0, 0.1) is 0 Å². The van der Waals surface area contributed by atoms with Crippen LogP contribution in [0.15, 0.2) is 70.1 Å². The first kappa shape index (κ1) is 16.2. The van der Waals surface area contributed by atoms with Gasteiger partial charge in [0.2, 0.25) is 0 Å². The van der Waals surface area contributed by atoms with Crippen LogP contribution in [0.25, 0.3) is 5.57 Å². The Morgan fingerprint density at radius 2 is 1.65 bits per heavy atom. The monoisotopic (exact) mass is 339 g/mol. The van der Waals surface area contributed by atoms with Crippen molar-refractivity contribution in [1.82, 2.24) is 5.32 Å². The summed E-state index contributed by atoms with van der Waals surface area (Å²) < 4.78 is 0. The molecule has 2 heterocycles. The summed E-state index contributed by atoms with van der Waals surface area (Å²) in [6.45, 7) is 3.13. The first-order valence-corrected chi connectivity index (χ1v) is 9.74. The zero-order chi connectivity index (χ0) is 15.9. The quantitative estimate of drug-likeness (QED) is 0.602. The van der Waals surface area contributed by atoms with Gasteiger partial charge in [0.1, 0.15) is 0 Å². The lowest BCUT2D eigenvalue weighted by Gasteiger charge is -2.13. The predicted molar refractivity (Wildman–Crippen MR) is 103 cm³/mol. The Balaban J connectivity index is 1.63. The van der Waals surface area contributed by atoms with Crippen molar-refractivity contribution in [3.63, 3.8) is 0 Å². The molecule has 1 nitrogen and oxygen atoms in total. The van der Waals surface area contributed by atoms with Crippen molar-refractivity contribution in [1.29, 1.82) is 0 Å². The molecule has 3 heteroatoms. The largest absolute Gasteiger partial charge is 0.310 e. The third-order valence-electron chi connectivity index (χ3n) is 3.82. The highest BCUT2D eigenvalue weighted by atomic mass is 32.1. The molecule has 3 aromatic rings. The van der Waals surface area contributed by atoms with Crippen LogP contribution in [0.5, 0.6) is 0 Å². The highest BCUT2D eigenvalue weighted by molar-refractivity contribution is 7.08. The molecule has 118 valence electrons. The van der Waals surface area contributed by atoms with Gasteiger partial charge in [0, 0.05) is 12.6 Å². The average molecular weight is 340 g/mol. The van der Waals surface area contributed by atoms with Crippen LogP contribution in [0.3, 0.4) is 0 Å². The van der Waals surface area contributed by atoms with Gasteiger partial charge in [0.15, 0.2) is 0 Å². The first-order valence-electron chi connectivity index (χ1n) is 7.85. The third kappa shape index (κ3) is 4.64. The van der Waals surface area contributed by atoms with Crippen molar-refractivity contribution in [3.05, 3.63) is 86.8 Å². The van der Waals surface area contributed by atoms with Gasteiger partial charge in [-0.15, -0.1) is 0 Å². The summed E-state index contributed by atoms with van der Waals surface area (Å²) in [5.74, 6) is 0. The van der Waals surface area contributed by atoms with Crippen molar-refractivity contribution in [2.24, 2.45) is 0 Å². The van der Waals surface area contributed by atoms with E-state index in [0.29, 0.717) is 6.04 Å². The second kappa shape index (κ2) is 8.25. The molecule has 1 N–H and O–H groups in total. The average Bonchev–Trinajstić information content (AvgIpc) is 3.26. The van der Waals surface area contributed by atoms with Gasteiger partial charge in [0.05, 0.1) is 0 Å². The SMILES string of the molecule is CC(Cc1ccccc1)NCC=C(c1ccsc1)c1ccsc1. The van der Waals surface area contributed by atoms with E-state index in [1.807, 2.05) is 0 Å². The van der Waals surface area contributed by atoms with E-state index in [1.54, 1.807) is 22.7 Å². The normalized spacial score (nSPS) is 12.0. The van der Waals surface area contributed by atoms with Crippen LogP contribution < -0.4 is 5.32 Å². The molecule has 0 saturated heterocycles. The van der Waals surface area contributed by atoms with E-state index in [0.717, 1.165) is 13.0 Å². The molecule has 1 unspecified atom stereocenters. The molecular weight excluding hydrogens is 318 g/mol. The van der Waals surface area contributed by atoms with Gasteiger partial charge >= 0.3 is 0 Å². The Morgan fingerprint density at radius 1 is 1.00 bits per heavy atom. The van der Waals surface area contributed by atoms with E-state index >= 15 is 0 Å². The number of nitrogens with one attached hydrogen (secondary N) is 1. The summed E-state index contributed by atoms with van der Waals surface area (Å²) in [7, 11) is 0. The van der Waals surface area contributed by atoms with Crippen molar-refractivity contribution >= 4 is 28.2 Å². The molecule has 0 aliphatic heterocycles. The third-order valence-corrected chi connectivity index (χ3v) is 5.19. The molecule has 0 spiro atoms. The van der Waals surface area contributed by atoms with Crippen LogP contribution in [0.4, 0.5) is 0 Å². The van der Waals surface area contributed by atoms with E-state index in [-0.39, 0.29) is 0 Å². The molecule has 0 aliphatic rings. The van der Waals surface area contributed by atoms with Crippen LogP contribution in [0.1, 0.15) is 23.6 Å². The molecule has 0 amide bonds. The zero-order valence-electron chi connectivity index (χ0n) is 13.2. The maximum absolute atomic E-state index is 3.62. The minimum atomic E-state index is 0.458. The molecule has 0 radical (unpaired) electrons. The lowest BCUT2D eigenvalue weighted by atomic mass is 10.0. The van der Waals surface area contributed by atoms with Crippen LogP contribution in [-0.4, -0.2) is 12.6 Å². The molecule has 2 aromatic heterocycles. The number of benzene rings is 1.